The minimum atomic E-state index is -2.65. The molecule has 5 atom stereocenters. The summed E-state index contributed by atoms with van der Waals surface area (Å²) < 4.78 is 0. The molecular weight excluding hydrogens is 490 g/mol. The summed E-state index contributed by atoms with van der Waals surface area (Å²) in [6.07, 6.45) is -0.0215. The SMILES string of the molecule is CN(Cc1cc(N(C)C)c2c(c1O)C(=O)C1C(=O)[C@]3(O)C(=O)C(C(N)=O)C(=O)C[C@@H]3C[C@@H]1C2)CC(C)(C)C. The lowest BCUT2D eigenvalue weighted by Gasteiger charge is -2.48. The highest BCUT2D eigenvalue weighted by Crippen LogP contribution is 2.51. The number of fused-ring (bicyclic) bond motifs is 3. The number of nitrogens with two attached hydrogens (primary N) is 1. The van der Waals surface area contributed by atoms with E-state index in [1.165, 1.54) is 0 Å². The van der Waals surface area contributed by atoms with E-state index < -0.39 is 58.3 Å². The number of anilines is 1. The van der Waals surface area contributed by atoms with Gasteiger partial charge in [-0.1, -0.05) is 20.8 Å². The average Bonchev–Trinajstić information content (AvgIpc) is 2.76. The average molecular weight is 528 g/mol. The molecule has 206 valence electrons. The fourth-order valence-corrected chi connectivity index (χ4v) is 6.75. The first-order valence-electron chi connectivity index (χ1n) is 12.9. The highest BCUT2D eigenvalue weighted by atomic mass is 16.3. The third kappa shape index (κ3) is 4.33. The number of phenolic OH excluding ortho intramolecular Hbond substituents is 1. The molecule has 0 spiro atoms. The molecule has 0 aromatic heterocycles. The Hall–Kier alpha value is -3.11. The Labute approximate surface area is 222 Å². The maximum atomic E-state index is 13.9. The Balaban J connectivity index is 1.79. The van der Waals surface area contributed by atoms with Gasteiger partial charge in [0.1, 0.15) is 5.75 Å². The molecule has 2 unspecified atom stereocenters. The molecule has 2 fully saturated rings. The number of aromatic hydroxyl groups is 1. The van der Waals surface area contributed by atoms with Gasteiger partial charge in [-0.05, 0) is 42.9 Å². The Bertz CT molecular complexity index is 1250. The van der Waals surface area contributed by atoms with E-state index in [4.69, 9.17) is 5.73 Å². The first-order valence-corrected chi connectivity index (χ1v) is 12.9. The van der Waals surface area contributed by atoms with Gasteiger partial charge in [0.05, 0.1) is 11.5 Å². The van der Waals surface area contributed by atoms with Crippen LogP contribution in [0.25, 0.3) is 0 Å². The van der Waals surface area contributed by atoms with Gasteiger partial charge in [0, 0.05) is 50.8 Å². The predicted molar refractivity (Wildman–Crippen MR) is 139 cm³/mol. The van der Waals surface area contributed by atoms with Crippen molar-refractivity contribution < 1.29 is 34.2 Å². The number of rotatable bonds is 5. The van der Waals surface area contributed by atoms with Gasteiger partial charge in [-0.3, -0.25) is 24.0 Å². The summed E-state index contributed by atoms with van der Waals surface area (Å²) in [7, 11) is 5.58. The highest BCUT2D eigenvalue weighted by Gasteiger charge is 2.66. The second kappa shape index (κ2) is 9.27. The number of Topliss-reactive ketones (excluding diaryl/α,β-unsaturated/α-hetero) is 4. The minimum absolute atomic E-state index is 0.00316. The monoisotopic (exact) mass is 527 g/mol. The van der Waals surface area contributed by atoms with E-state index in [9.17, 15) is 34.2 Å². The van der Waals surface area contributed by atoms with E-state index in [1.54, 1.807) is 0 Å². The molecule has 0 bridgehead atoms. The van der Waals surface area contributed by atoms with E-state index in [0.717, 1.165) is 12.2 Å². The molecular formula is C28H37N3O7. The zero-order valence-electron chi connectivity index (χ0n) is 22.8. The van der Waals surface area contributed by atoms with Crippen LogP contribution in [0.4, 0.5) is 5.69 Å². The number of aliphatic hydroxyl groups is 1. The van der Waals surface area contributed by atoms with Crippen LogP contribution in [0.3, 0.4) is 0 Å². The number of phenols is 1. The number of carbonyl (C=O) groups is 5. The van der Waals surface area contributed by atoms with Crippen molar-refractivity contribution in [3.8, 4) is 5.75 Å². The maximum absolute atomic E-state index is 13.9. The van der Waals surface area contributed by atoms with Gasteiger partial charge in [0.25, 0.3) is 0 Å². The van der Waals surface area contributed by atoms with Gasteiger partial charge >= 0.3 is 0 Å². The Morgan fingerprint density at radius 3 is 2.29 bits per heavy atom. The summed E-state index contributed by atoms with van der Waals surface area (Å²) in [6, 6.07) is 1.85. The molecule has 1 aromatic carbocycles. The molecule has 3 aliphatic rings. The summed E-state index contributed by atoms with van der Waals surface area (Å²) in [4.78, 5) is 69.0. The van der Waals surface area contributed by atoms with Crippen LogP contribution in [0, 0.1) is 29.1 Å². The number of primary amides is 1. The number of nitrogens with zero attached hydrogens (tertiary/aromatic N) is 2. The minimum Gasteiger partial charge on any atom is -0.507 e. The first-order chi connectivity index (χ1) is 17.5. The second-order valence-corrected chi connectivity index (χ2v) is 12.6. The van der Waals surface area contributed by atoms with Gasteiger partial charge in [0.2, 0.25) is 5.91 Å². The summed E-state index contributed by atoms with van der Waals surface area (Å²) in [6.45, 7) is 7.38. The normalized spacial score (nSPS) is 29.2. The van der Waals surface area contributed by atoms with Crippen molar-refractivity contribution in [3.63, 3.8) is 0 Å². The molecule has 0 aliphatic heterocycles. The molecule has 4 N–H and O–H groups in total. The number of ketones is 4. The standard InChI is InChI=1S/C28H37N3O7/c1-27(2,3)12-31(6)11-14-9-17(30(4)5)16-8-13-7-15-10-18(32)21(26(29)37)25(36)28(15,38)24(35)19(13)23(34)20(16)22(14)33/h9,13,15,19,21,33,38H,7-8,10-12H2,1-6H3,(H2,29,37)/t13-,15+,19?,21?,28+/m1/s1. The molecule has 1 amide bonds. The molecule has 10 nitrogen and oxygen atoms in total. The fourth-order valence-electron chi connectivity index (χ4n) is 6.75. The molecule has 0 heterocycles. The largest absolute Gasteiger partial charge is 0.507 e. The van der Waals surface area contributed by atoms with Gasteiger partial charge in [-0.15, -0.1) is 0 Å². The summed E-state index contributed by atoms with van der Waals surface area (Å²) >= 11 is 0. The third-order valence-corrected chi connectivity index (χ3v) is 8.12. The number of hydrogen-bond acceptors (Lipinski definition) is 9. The number of carbonyl (C=O) groups excluding carboxylic acids is 5. The molecule has 1 aromatic rings. The fraction of sp³-hybridized carbons (Fsp3) is 0.607. The smallest absolute Gasteiger partial charge is 0.235 e. The Morgan fingerprint density at radius 2 is 1.74 bits per heavy atom. The quantitative estimate of drug-likeness (QED) is 0.472. The van der Waals surface area contributed by atoms with E-state index in [-0.39, 0.29) is 36.0 Å². The van der Waals surface area contributed by atoms with Crippen LogP contribution in [-0.2, 0) is 32.1 Å². The van der Waals surface area contributed by atoms with Gasteiger partial charge in [-0.2, -0.15) is 0 Å². The van der Waals surface area contributed by atoms with E-state index in [1.807, 2.05) is 37.0 Å². The highest BCUT2D eigenvalue weighted by molar-refractivity contribution is 6.31. The zero-order valence-corrected chi connectivity index (χ0v) is 22.8. The Kier molecular flexibility index (Phi) is 6.81. The topological polar surface area (TPSA) is 158 Å². The molecule has 0 radical (unpaired) electrons. The van der Waals surface area contributed by atoms with Crippen molar-refractivity contribution in [3.05, 3.63) is 22.8 Å². The van der Waals surface area contributed by atoms with Crippen LogP contribution in [-0.4, -0.2) is 77.4 Å². The predicted octanol–water partition coefficient (Wildman–Crippen LogP) is 0.871. The van der Waals surface area contributed by atoms with E-state index in [2.05, 4.69) is 20.8 Å². The van der Waals surface area contributed by atoms with Gasteiger partial charge < -0.3 is 25.7 Å². The summed E-state index contributed by atoms with van der Waals surface area (Å²) in [5.74, 6) is -9.97. The van der Waals surface area contributed by atoms with Crippen molar-refractivity contribution in [1.82, 2.24) is 4.90 Å². The van der Waals surface area contributed by atoms with Crippen molar-refractivity contribution in [2.24, 2.45) is 34.8 Å². The van der Waals surface area contributed by atoms with E-state index in [0.29, 0.717) is 17.7 Å². The second-order valence-electron chi connectivity index (χ2n) is 12.6. The lowest BCUT2D eigenvalue weighted by Crippen LogP contribution is -2.68. The van der Waals surface area contributed by atoms with Crippen LogP contribution in [0.5, 0.6) is 5.75 Å². The van der Waals surface area contributed by atoms with E-state index >= 15 is 0 Å². The van der Waals surface area contributed by atoms with Crippen LogP contribution in [0.15, 0.2) is 6.07 Å². The van der Waals surface area contributed by atoms with Crippen LogP contribution < -0.4 is 10.6 Å². The van der Waals surface area contributed by atoms with Crippen molar-refractivity contribution in [2.75, 3.05) is 32.6 Å². The molecule has 3 aliphatic carbocycles. The lowest BCUT2D eigenvalue weighted by atomic mass is 9.53. The van der Waals surface area contributed by atoms with Crippen LogP contribution in [0.1, 0.15) is 55.1 Å². The molecule has 10 heteroatoms. The molecule has 0 saturated heterocycles. The lowest BCUT2D eigenvalue weighted by molar-refractivity contribution is -0.175. The van der Waals surface area contributed by atoms with Crippen molar-refractivity contribution in [1.29, 1.82) is 0 Å². The third-order valence-electron chi connectivity index (χ3n) is 8.12. The molecule has 2 saturated carbocycles. The van der Waals surface area contributed by atoms with Gasteiger partial charge in [-0.25, -0.2) is 0 Å². The van der Waals surface area contributed by atoms with Crippen molar-refractivity contribution >= 4 is 34.7 Å². The van der Waals surface area contributed by atoms with Crippen LogP contribution >= 0.6 is 0 Å². The zero-order chi connectivity index (χ0) is 28.5. The number of amides is 1. The maximum Gasteiger partial charge on any atom is 0.235 e. The number of benzene rings is 1. The van der Waals surface area contributed by atoms with Crippen molar-refractivity contribution in [2.45, 2.75) is 52.2 Å². The molecule has 4 rings (SSSR count). The summed E-state index contributed by atoms with van der Waals surface area (Å²) in [5, 5.41) is 22.7. The first kappa shape index (κ1) is 27.9. The van der Waals surface area contributed by atoms with Gasteiger partial charge in [0.15, 0.2) is 34.7 Å². The van der Waals surface area contributed by atoms with Crippen LogP contribution in [0.2, 0.25) is 0 Å². The molecule has 38 heavy (non-hydrogen) atoms. The number of hydrogen-bond donors (Lipinski definition) is 3. The Morgan fingerprint density at radius 1 is 1.11 bits per heavy atom. The summed E-state index contributed by atoms with van der Waals surface area (Å²) in [5.41, 5.74) is 4.49.